The lowest BCUT2D eigenvalue weighted by Gasteiger charge is -2.27. The van der Waals surface area contributed by atoms with Gasteiger partial charge in [-0.2, -0.15) is 0 Å². The second-order valence-electron chi connectivity index (χ2n) is 9.16. The van der Waals surface area contributed by atoms with E-state index < -0.39 is 5.41 Å². The van der Waals surface area contributed by atoms with Crippen molar-refractivity contribution in [2.45, 2.75) is 38.5 Å². The maximum atomic E-state index is 12.6. The number of carbonyl (C=O) groups excluding carboxylic acids is 4. The first kappa shape index (κ1) is 27.0. The van der Waals surface area contributed by atoms with Crippen molar-refractivity contribution in [2.75, 3.05) is 23.7 Å². The molecule has 0 saturated heterocycles. The number of hydrogen-bond acceptors (Lipinski definition) is 4. The van der Waals surface area contributed by atoms with Crippen molar-refractivity contribution >= 4 is 35.0 Å². The van der Waals surface area contributed by atoms with Gasteiger partial charge in [0.25, 0.3) is 0 Å². The molecule has 0 unspecified atom stereocenters. The van der Waals surface area contributed by atoms with E-state index in [4.69, 9.17) is 12.8 Å². The average molecular weight is 499 g/mol. The average Bonchev–Trinajstić information content (AvgIpc) is 3.34. The number of benzene rings is 2. The summed E-state index contributed by atoms with van der Waals surface area (Å²) in [5.74, 6) is 3.65. The van der Waals surface area contributed by atoms with Crippen molar-refractivity contribution in [3.63, 3.8) is 0 Å². The molecule has 0 heterocycles. The summed E-state index contributed by atoms with van der Waals surface area (Å²) in [7, 11) is 0. The Bertz CT molecular complexity index is 1160. The van der Waals surface area contributed by atoms with Crippen molar-refractivity contribution in [3.8, 4) is 24.7 Å². The van der Waals surface area contributed by atoms with Gasteiger partial charge < -0.3 is 21.3 Å². The van der Waals surface area contributed by atoms with Crippen LogP contribution in [0.25, 0.3) is 0 Å². The van der Waals surface area contributed by atoms with Crippen LogP contribution in [0.4, 0.5) is 11.4 Å². The SMILES string of the molecule is C#Cc1cccc(NC(=O)CNC(=O)CC2(CC(=O)NCC(=O)Nc3cccc(C#C)c3)CCCC2)c1. The quantitative estimate of drug-likeness (QED) is 0.377. The highest BCUT2D eigenvalue weighted by atomic mass is 16.2. The number of rotatable bonds is 10. The molecule has 4 N–H and O–H groups in total. The summed E-state index contributed by atoms with van der Waals surface area (Å²) in [6, 6.07) is 13.7. The molecule has 0 radical (unpaired) electrons. The Morgan fingerprint density at radius 1 is 0.703 bits per heavy atom. The van der Waals surface area contributed by atoms with Gasteiger partial charge in [0, 0.05) is 35.3 Å². The van der Waals surface area contributed by atoms with Crippen LogP contribution in [0.3, 0.4) is 0 Å². The molecule has 0 aromatic heterocycles. The Labute approximate surface area is 217 Å². The van der Waals surface area contributed by atoms with Crippen molar-refractivity contribution < 1.29 is 19.2 Å². The van der Waals surface area contributed by atoms with Crippen LogP contribution in [0.15, 0.2) is 48.5 Å². The fourth-order valence-electron chi connectivity index (χ4n) is 4.49. The zero-order valence-electron chi connectivity index (χ0n) is 20.6. The predicted molar refractivity (Wildman–Crippen MR) is 142 cm³/mol. The van der Waals surface area contributed by atoms with Gasteiger partial charge in [-0.05, 0) is 54.7 Å². The summed E-state index contributed by atoms with van der Waals surface area (Å²) >= 11 is 0. The van der Waals surface area contributed by atoms with E-state index >= 15 is 0 Å². The largest absolute Gasteiger partial charge is 0.347 e. The Morgan fingerprint density at radius 2 is 1.14 bits per heavy atom. The van der Waals surface area contributed by atoms with Crippen molar-refractivity contribution in [2.24, 2.45) is 5.41 Å². The van der Waals surface area contributed by atoms with Crippen LogP contribution in [0.5, 0.6) is 0 Å². The van der Waals surface area contributed by atoms with Crippen LogP contribution in [-0.2, 0) is 19.2 Å². The molecule has 2 aromatic carbocycles. The van der Waals surface area contributed by atoms with E-state index in [-0.39, 0.29) is 49.6 Å². The third-order valence-electron chi connectivity index (χ3n) is 6.25. The molecular weight excluding hydrogens is 468 g/mol. The fourth-order valence-corrected chi connectivity index (χ4v) is 4.49. The van der Waals surface area contributed by atoms with E-state index in [0.29, 0.717) is 22.5 Å². The molecule has 190 valence electrons. The molecule has 0 spiro atoms. The minimum absolute atomic E-state index is 0.130. The second kappa shape index (κ2) is 12.9. The zero-order chi connectivity index (χ0) is 26.7. The van der Waals surface area contributed by atoms with Crippen molar-refractivity contribution in [1.29, 1.82) is 0 Å². The first-order valence-corrected chi connectivity index (χ1v) is 12.1. The molecule has 2 aromatic rings. The van der Waals surface area contributed by atoms with E-state index in [1.54, 1.807) is 48.5 Å². The Hall–Kier alpha value is -4.56. The summed E-state index contributed by atoms with van der Waals surface area (Å²) in [5.41, 5.74) is 1.87. The molecule has 37 heavy (non-hydrogen) atoms. The van der Waals surface area contributed by atoms with Crippen LogP contribution in [0.2, 0.25) is 0 Å². The lowest BCUT2D eigenvalue weighted by Crippen LogP contribution is -2.39. The summed E-state index contributed by atoms with van der Waals surface area (Å²) in [6.45, 7) is -0.384. The van der Waals surface area contributed by atoms with Gasteiger partial charge in [0.15, 0.2) is 0 Å². The molecule has 1 aliphatic rings. The molecule has 1 aliphatic carbocycles. The van der Waals surface area contributed by atoms with E-state index in [0.717, 1.165) is 25.7 Å². The highest BCUT2D eigenvalue weighted by Gasteiger charge is 2.38. The number of hydrogen-bond donors (Lipinski definition) is 4. The number of anilines is 2. The van der Waals surface area contributed by atoms with Crippen LogP contribution in [0.1, 0.15) is 49.7 Å². The van der Waals surface area contributed by atoms with E-state index in [9.17, 15) is 19.2 Å². The van der Waals surface area contributed by atoms with E-state index in [2.05, 4.69) is 33.1 Å². The van der Waals surface area contributed by atoms with Gasteiger partial charge in [-0.15, -0.1) is 12.8 Å². The predicted octanol–water partition coefficient (Wildman–Crippen LogP) is 2.80. The molecule has 8 nitrogen and oxygen atoms in total. The lowest BCUT2D eigenvalue weighted by atomic mass is 9.79. The molecule has 0 bridgehead atoms. The topological polar surface area (TPSA) is 116 Å². The highest BCUT2D eigenvalue weighted by molar-refractivity contribution is 5.95. The van der Waals surface area contributed by atoms with E-state index in [1.807, 2.05) is 0 Å². The normalized spacial score (nSPS) is 13.5. The number of nitrogens with one attached hydrogen (secondary N) is 4. The molecule has 1 fully saturated rings. The van der Waals surface area contributed by atoms with Gasteiger partial charge in [0.05, 0.1) is 13.1 Å². The molecule has 8 heteroatoms. The van der Waals surface area contributed by atoms with Crippen LogP contribution in [0, 0.1) is 30.1 Å². The van der Waals surface area contributed by atoms with Crippen LogP contribution < -0.4 is 21.3 Å². The monoisotopic (exact) mass is 498 g/mol. The standard InChI is InChI=1S/C29H30N4O4/c1-3-21-9-7-11-23(15-21)32-27(36)19-30-25(34)17-29(13-5-6-14-29)18-26(35)31-20-28(37)33-24-12-8-10-22(4-2)16-24/h1-2,7-12,15-16H,5-6,13-14,17-20H2,(H,30,34)(H,31,35)(H,32,36)(H,33,37). The van der Waals surface area contributed by atoms with Crippen LogP contribution in [-0.4, -0.2) is 36.7 Å². The van der Waals surface area contributed by atoms with Gasteiger partial charge >= 0.3 is 0 Å². The summed E-state index contributed by atoms with van der Waals surface area (Å²) in [5, 5.41) is 10.7. The minimum atomic E-state index is -0.497. The maximum Gasteiger partial charge on any atom is 0.243 e. The second-order valence-corrected chi connectivity index (χ2v) is 9.16. The highest BCUT2D eigenvalue weighted by Crippen LogP contribution is 2.44. The Balaban J connectivity index is 1.45. The Kier molecular flexibility index (Phi) is 9.46. The molecule has 0 atom stereocenters. The number of amides is 4. The van der Waals surface area contributed by atoms with E-state index in [1.165, 1.54) is 0 Å². The third-order valence-corrected chi connectivity index (χ3v) is 6.25. The smallest absolute Gasteiger partial charge is 0.243 e. The Morgan fingerprint density at radius 3 is 1.54 bits per heavy atom. The zero-order valence-corrected chi connectivity index (χ0v) is 20.6. The lowest BCUT2D eigenvalue weighted by molar-refractivity contribution is -0.129. The van der Waals surface area contributed by atoms with Gasteiger partial charge in [-0.25, -0.2) is 0 Å². The van der Waals surface area contributed by atoms with Gasteiger partial charge in [-0.1, -0.05) is 36.8 Å². The number of terminal acetylenes is 2. The number of carbonyl (C=O) groups is 4. The van der Waals surface area contributed by atoms with Crippen molar-refractivity contribution in [3.05, 3.63) is 59.7 Å². The summed E-state index contributed by atoms with van der Waals surface area (Å²) in [4.78, 5) is 49.8. The molecular formula is C29H30N4O4. The molecule has 4 amide bonds. The summed E-state index contributed by atoms with van der Waals surface area (Å²) in [6.07, 6.45) is 14.3. The maximum absolute atomic E-state index is 12.6. The fraction of sp³-hybridized carbons (Fsp3) is 0.310. The first-order valence-electron chi connectivity index (χ1n) is 12.1. The van der Waals surface area contributed by atoms with Crippen molar-refractivity contribution in [1.82, 2.24) is 10.6 Å². The van der Waals surface area contributed by atoms with Gasteiger partial charge in [0.2, 0.25) is 23.6 Å². The van der Waals surface area contributed by atoms with Crippen LogP contribution >= 0.6 is 0 Å². The molecule has 0 aliphatic heterocycles. The molecule has 1 saturated carbocycles. The van der Waals surface area contributed by atoms with Gasteiger partial charge in [-0.3, -0.25) is 19.2 Å². The van der Waals surface area contributed by atoms with Gasteiger partial charge in [0.1, 0.15) is 0 Å². The molecule has 3 rings (SSSR count). The third kappa shape index (κ3) is 8.55. The first-order chi connectivity index (χ1) is 17.8. The minimum Gasteiger partial charge on any atom is -0.347 e. The summed E-state index contributed by atoms with van der Waals surface area (Å²) < 4.78 is 0.